The van der Waals surface area contributed by atoms with E-state index < -0.39 is 0 Å². The fraction of sp³-hybridized carbons (Fsp3) is 0.600. The average molecular weight is 375 g/mol. The van der Waals surface area contributed by atoms with Crippen molar-refractivity contribution in [3.8, 4) is 17.6 Å². The lowest BCUT2D eigenvalue weighted by Crippen LogP contribution is -2.60. The highest BCUT2D eigenvalue weighted by atomic mass is 35.5. The van der Waals surface area contributed by atoms with Crippen molar-refractivity contribution in [1.29, 1.82) is 5.26 Å². The van der Waals surface area contributed by atoms with E-state index >= 15 is 0 Å². The molecule has 1 aromatic rings. The third kappa shape index (κ3) is 3.23. The van der Waals surface area contributed by atoms with Crippen LogP contribution in [0.5, 0.6) is 11.5 Å². The minimum atomic E-state index is -0.116. The molecule has 0 radical (unpaired) electrons. The number of nitrogens with zero attached hydrogens (tertiary/aromatic N) is 1. The van der Waals surface area contributed by atoms with Crippen LogP contribution in [0.1, 0.15) is 44.1 Å². The molecule has 0 spiro atoms. The molecule has 1 N–H and O–H groups in total. The number of benzene rings is 1. The molecule has 5 rings (SSSR count). The Labute approximate surface area is 158 Å². The zero-order valence-corrected chi connectivity index (χ0v) is 15.6. The minimum Gasteiger partial charge on any atom is -0.493 e. The number of carbonyl (C=O) groups excluding carboxylic acids is 1. The van der Waals surface area contributed by atoms with Crippen molar-refractivity contribution in [2.45, 2.75) is 44.1 Å². The summed E-state index contributed by atoms with van der Waals surface area (Å²) >= 11 is 6.19. The van der Waals surface area contributed by atoms with Crippen LogP contribution in [0.15, 0.2) is 12.1 Å². The molecule has 0 aromatic heterocycles. The number of nitriles is 1. The highest BCUT2D eigenvalue weighted by molar-refractivity contribution is 6.32. The maximum Gasteiger partial charge on any atom is 0.258 e. The van der Waals surface area contributed by atoms with Gasteiger partial charge in [-0.1, -0.05) is 11.6 Å². The van der Waals surface area contributed by atoms with Crippen LogP contribution in [0.25, 0.3) is 0 Å². The number of ether oxygens (including phenoxy) is 2. The van der Waals surface area contributed by atoms with Crippen molar-refractivity contribution in [2.24, 2.45) is 17.8 Å². The van der Waals surface area contributed by atoms with Gasteiger partial charge >= 0.3 is 0 Å². The van der Waals surface area contributed by atoms with E-state index in [-0.39, 0.29) is 23.1 Å². The van der Waals surface area contributed by atoms with Crippen molar-refractivity contribution >= 4 is 17.5 Å². The summed E-state index contributed by atoms with van der Waals surface area (Å²) in [6.45, 7) is -0.107. The Morgan fingerprint density at radius 3 is 2.42 bits per heavy atom. The van der Waals surface area contributed by atoms with E-state index in [0.29, 0.717) is 17.1 Å². The summed E-state index contributed by atoms with van der Waals surface area (Å²) in [5.41, 5.74) is 0.352. The normalized spacial score (nSPS) is 31.3. The number of amides is 1. The highest BCUT2D eigenvalue weighted by Crippen LogP contribution is 2.55. The molecule has 4 fully saturated rings. The van der Waals surface area contributed by atoms with Crippen molar-refractivity contribution < 1.29 is 14.3 Å². The number of hydrogen-bond donors (Lipinski definition) is 1. The molecule has 0 aliphatic heterocycles. The summed E-state index contributed by atoms with van der Waals surface area (Å²) in [6, 6.07) is 5.08. The summed E-state index contributed by atoms with van der Waals surface area (Å²) in [4.78, 5) is 12.6. The second-order valence-electron chi connectivity index (χ2n) is 8.14. The first-order chi connectivity index (χ1) is 12.5. The second-order valence-corrected chi connectivity index (χ2v) is 8.54. The van der Waals surface area contributed by atoms with Gasteiger partial charge < -0.3 is 14.8 Å². The minimum absolute atomic E-state index is 0.0340. The highest BCUT2D eigenvalue weighted by Gasteiger charge is 2.51. The topological polar surface area (TPSA) is 71.3 Å². The average Bonchev–Trinajstić information content (AvgIpc) is 2.58. The van der Waals surface area contributed by atoms with Gasteiger partial charge in [0.15, 0.2) is 18.1 Å². The zero-order chi connectivity index (χ0) is 18.3. The summed E-state index contributed by atoms with van der Waals surface area (Å²) in [5.74, 6) is 2.86. The molecular weight excluding hydrogens is 352 g/mol. The Bertz CT molecular complexity index is 736. The predicted octanol–water partition coefficient (Wildman–Crippen LogP) is 3.68. The quantitative estimate of drug-likeness (QED) is 0.853. The lowest BCUT2D eigenvalue weighted by molar-refractivity contribution is -0.128. The van der Waals surface area contributed by atoms with Crippen molar-refractivity contribution in [2.75, 3.05) is 13.7 Å². The number of rotatable bonds is 5. The largest absolute Gasteiger partial charge is 0.493 e. The van der Waals surface area contributed by atoms with Gasteiger partial charge in [0.05, 0.1) is 23.8 Å². The maximum absolute atomic E-state index is 12.6. The summed E-state index contributed by atoms with van der Waals surface area (Å²) < 4.78 is 10.9. The molecule has 0 atom stereocenters. The zero-order valence-electron chi connectivity index (χ0n) is 14.9. The Morgan fingerprint density at radius 2 is 1.88 bits per heavy atom. The number of halogens is 1. The molecule has 4 aliphatic rings. The number of nitrogens with one attached hydrogen (secondary N) is 1. The van der Waals surface area contributed by atoms with Gasteiger partial charge in [-0.15, -0.1) is 0 Å². The molecule has 1 amide bonds. The van der Waals surface area contributed by atoms with Gasteiger partial charge in [0.2, 0.25) is 0 Å². The number of methoxy groups -OCH3 is 1. The molecule has 0 unspecified atom stereocenters. The van der Waals surface area contributed by atoms with E-state index in [9.17, 15) is 4.79 Å². The van der Waals surface area contributed by atoms with Gasteiger partial charge in [-0.2, -0.15) is 5.26 Å². The Morgan fingerprint density at radius 1 is 1.27 bits per heavy atom. The third-order valence-corrected chi connectivity index (χ3v) is 6.43. The molecule has 4 bridgehead atoms. The van der Waals surface area contributed by atoms with Gasteiger partial charge in [-0.05, 0) is 62.3 Å². The Hall–Kier alpha value is -1.93. The van der Waals surface area contributed by atoms with Gasteiger partial charge in [-0.3, -0.25) is 4.79 Å². The lowest BCUT2D eigenvalue weighted by atomic mass is 9.53. The van der Waals surface area contributed by atoms with Crippen molar-refractivity contribution in [3.05, 3.63) is 22.7 Å². The third-order valence-electron chi connectivity index (χ3n) is 6.15. The standard InChI is InChI=1S/C20H23ClN2O3/c1-25-17-6-15(10-22)5-16(21)19(17)26-11-18(24)23-20-7-12-2-13(8-20)4-14(3-12)9-20/h5-6,12-14H,2-4,7-9,11H2,1H3,(H,23,24). The fourth-order valence-electron chi connectivity index (χ4n) is 5.66. The SMILES string of the molecule is COc1cc(C#N)cc(Cl)c1OCC(=O)NC12CC3CC(CC(C3)C1)C2. The molecule has 5 nitrogen and oxygen atoms in total. The molecule has 4 aliphatic carbocycles. The van der Waals surface area contributed by atoms with Crippen LogP contribution in [-0.2, 0) is 4.79 Å². The molecule has 138 valence electrons. The molecule has 4 saturated carbocycles. The molecule has 1 aromatic carbocycles. The van der Waals surface area contributed by atoms with Crippen molar-refractivity contribution in [1.82, 2.24) is 5.32 Å². The lowest BCUT2D eigenvalue weighted by Gasteiger charge is -2.56. The van der Waals surface area contributed by atoms with Crippen LogP contribution < -0.4 is 14.8 Å². The molecular formula is C20H23ClN2O3. The van der Waals surface area contributed by atoms with E-state index in [0.717, 1.165) is 37.0 Å². The van der Waals surface area contributed by atoms with Crippen LogP contribution in [-0.4, -0.2) is 25.2 Å². The van der Waals surface area contributed by atoms with Crippen LogP contribution in [0.3, 0.4) is 0 Å². The first kappa shape index (κ1) is 17.5. The molecule has 6 heteroatoms. The van der Waals surface area contributed by atoms with Crippen LogP contribution in [0, 0.1) is 29.1 Å². The van der Waals surface area contributed by atoms with Crippen molar-refractivity contribution in [3.63, 3.8) is 0 Å². The summed E-state index contributed by atoms with van der Waals surface area (Å²) in [5, 5.41) is 12.6. The van der Waals surface area contributed by atoms with E-state index in [2.05, 4.69) is 5.32 Å². The first-order valence-electron chi connectivity index (χ1n) is 9.22. The molecule has 0 heterocycles. The van der Waals surface area contributed by atoms with E-state index in [4.69, 9.17) is 26.3 Å². The second kappa shape index (κ2) is 6.66. The van der Waals surface area contributed by atoms with Crippen LogP contribution >= 0.6 is 11.6 Å². The van der Waals surface area contributed by atoms with Gasteiger partial charge in [0.1, 0.15) is 0 Å². The summed E-state index contributed by atoms with van der Waals surface area (Å²) in [6.07, 6.45) is 7.32. The number of hydrogen-bond acceptors (Lipinski definition) is 4. The Balaban J connectivity index is 1.41. The first-order valence-corrected chi connectivity index (χ1v) is 9.59. The van der Waals surface area contributed by atoms with Gasteiger partial charge in [0.25, 0.3) is 5.91 Å². The Kier molecular flexibility index (Phi) is 4.48. The van der Waals surface area contributed by atoms with Gasteiger partial charge in [0, 0.05) is 11.6 Å². The molecule has 0 saturated heterocycles. The monoisotopic (exact) mass is 374 g/mol. The number of carbonyl (C=O) groups is 1. The smallest absolute Gasteiger partial charge is 0.258 e. The predicted molar refractivity (Wildman–Crippen MR) is 97.3 cm³/mol. The van der Waals surface area contributed by atoms with Crippen LogP contribution in [0.4, 0.5) is 0 Å². The van der Waals surface area contributed by atoms with E-state index in [1.54, 1.807) is 6.07 Å². The van der Waals surface area contributed by atoms with Gasteiger partial charge in [-0.25, -0.2) is 0 Å². The van der Waals surface area contributed by atoms with E-state index in [1.165, 1.54) is 32.4 Å². The summed E-state index contributed by atoms with van der Waals surface area (Å²) in [7, 11) is 1.48. The maximum atomic E-state index is 12.6. The fourth-order valence-corrected chi connectivity index (χ4v) is 5.92. The molecule has 26 heavy (non-hydrogen) atoms. The van der Waals surface area contributed by atoms with E-state index in [1.807, 2.05) is 6.07 Å². The van der Waals surface area contributed by atoms with Crippen LogP contribution in [0.2, 0.25) is 5.02 Å².